The number of aliphatic hydroxyl groups is 1. The molecule has 1 saturated heterocycles. The zero-order valence-electron chi connectivity index (χ0n) is 17.7. The van der Waals surface area contributed by atoms with E-state index in [1.807, 2.05) is 82.2 Å². The number of Topliss-reactive ketones (excluding diaryl/α,β-unsaturated/α-hetero) is 1. The number of benzene rings is 2. The fourth-order valence-corrected chi connectivity index (χ4v) is 3.65. The first-order chi connectivity index (χ1) is 13.7. The zero-order chi connectivity index (χ0) is 21.3. The molecule has 0 aromatic heterocycles. The summed E-state index contributed by atoms with van der Waals surface area (Å²) in [5.74, 6) is -1.31. The smallest absolute Gasteiger partial charge is 0.295 e. The van der Waals surface area contributed by atoms with Crippen LogP contribution in [-0.2, 0) is 9.59 Å². The number of rotatable bonds is 5. The molecule has 1 aliphatic rings. The summed E-state index contributed by atoms with van der Waals surface area (Å²) < 4.78 is 0. The number of nitrogens with zero attached hydrogens (tertiary/aromatic N) is 2. The van der Waals surface area contributed by atoms with Gasteiger partial charge in [-0.1, -0.05) is 47.5 Å². The Bertz CT molecular complexity index is 974. The Balaban J connectivity index is 2.19. The van der Waals surface area contributed by atoms with Crippen molar-refractivity contribution in [1.29, 1.82) is 0 Å². The van der Waals surface area contributed by atoms with Crippen LogP contribution >= 0.6 is 0 Å². The highest BCUT2D eigenvalue weighted by atomic mass is 16.3. The van der Waals surface area contributed by atoms with Crippen LogP contribution < -0.4 is 0 Å². The van der Waals surface area contributed by atoms with Gasteiger partial charge in [0.1, 0.15) is 5.76 Å². The van der Waals surface area contributed by atoms with Gasteiger partial charge in [0.05, 0.1) is 11.6 Å². The summed E-state index contributed by atoms with van der Waals surface area (Å²) >= 11 is 0. The van der Waals surface area contributed by atoms with E-state index >= 15 is 0 Å². The molecule has 29 heavy (non-hydrogen) atoms. The Morgan fingerprint density at radius 2 is 1.62 bits per heavy atom. The minimum absolute atomic E-state index is 0.109. The number of ketones is 1. The fourth-order valence-electron chi connectivity index (χ4n) is 3.65. The lowest BCUT2D eigenvalue weighted by Gasteiger charge is -2.26. The Labute approximate surface area is 172 Å². The highest BCUT2D eigenvalue weighted by Gasteiger charge is 2.45. The van der Waals surface area contributed by atoms with E-state index in [4.69, 9.17) is 0 Å². The van der Waals surface area contributed by atoms with E-state index in [1.54, 1.807) is 4.90 Å². The minimum Gasteiger partial charge on any atom is -0.507 e. The van der Waals surface area contributed by atoms with Crippen LogP contribution in [0.1, 0.15) is 33.9 Å². The van der Waals surface area contributed by atoms with Gasteiger partial charge < -0.3 is 14.9 Å². The molecule has 0 bridgehead atoms. The molecule has 1 atom stereocenters. The first-order valence-electron chi connectivity index (χ1n) is 9.78. The molecular formula is C24H28N2O3. The van der Waals surface area contributed by atoms with Crippen molar-refractivity contribution in [2.24, 2.45) is 0 Å². The summed E-state index contributed by atoms with van der Waals surface area (Å²) in [5.41, 5.74) is 4.49. The quantitative estimate of drug-likeness (QED) is 0.480. The van der Waals surface area contributed by atoms with Crippen molar-refractivity contribution >= 4 is 17.4 Å². The summed E-state index contributed by atoms with van der Waals surface area (Å²) in [6, 6.07) is 12.9. The number of carbonyl (C=O) groups excluding carboxylic acids is 2. The molecule has 3 rings (SSSR count). The number of aliphatic hydroxyl groups excluding tert-OH is 1. The van der Waals surface area contributed by atoms with E-state index in [0.717, 1.165) is 22.3 Å². The van der Waals surface area contributed by atoms with Crippen LogP contribution in [0.4, 0.5) is 0 Å². The van der Waals surface area contributed by atoms with Crippen molar-refractivity contribution in [3.63, 3.8) is 0 Å². The lowest BCUT2D eigenvalue weighted by molar-refractivity contribution is -0.140. The predicted molar refractivity (Wildman–Crippen MR) is 115 cm³/mol. The van der Waals surface area contributed by atoms with Crippen molar-refractivity contribution < 1.29 is 14.7 Å². The predicted octanol–water partition coefficient (Wildman–Crippen LogP) is 3.60. The van der Waals surface area contributed by atoms with Crippen LogP contribution in [0.5, 0.6) is 0 Å². The molecule has 1 aliphatic heterocycles. The molecule has 0 radical (unpaired) electrons. The second-order valence-electron chi connectivity index (χ2n) is 8.02. The maximum atomic E-state index is 13.0. The molecule has 1 amide bonds. The molecule has 0 aliphatic carbocycles. The van der Waals surface area contributed by atoms with Crippen LogP contribution in [0.2, 0.25) is 0 Å². The summed E-state index contributed by atoms with van der Waals surface area (Å²) in [7, 11) is 3.85. The van der Waals surface area contributed by atoms with Gasteiger partial charge in [0.25, 0.3) is 11.7 Å². The summed E-state index contributed by atoms with van der Waals surface area (Å²) in [4.78, 5) is 29.4. The summed E-state index contributed by atoms with van der Waals surface area (Å²) in [5, 5.41) is 11.2. The van der Waals surface area contributed by atoms with Crippen LogP contribution in [0, 0.1) is 20.8 Å². The SMILES string of the molecule is Cc1ccc(C2/C(=C(\O)c3cc(C)ccc3C)C(=O)C(=O)N2CCN(C)C)cc1. The molecule has 2 aromatic rings. The maximum Gasteiger partial charge on any atom is 0.295 e. The van der Waals surface area contributed by atoms with E-state index in [1.165, 1.54) is 0 Å². The molecule has 1 heterocycles. The lowest BCUT2D eigenvalue weighted by Crippen LogP contribution is -2.35. The Kier molecular flexibility index (Phi) is 5.89. The number of likely N-dealkylation sites (N-methyl/N-ethyl adjacent to an activating group) is 1. The summed E-state index contributed by atoms with van der Waals surface area (Å²) in [6.45, 7) is 6.84. The number of carbonyl (C=O) groups is 2. The standard InChI is InChI=1S/C24H28N2O3/c1-15-7-10-18(11-8-15)21-20(22(27)19-14-16(2)6-9-17(19)3)23(28)24(29)26(21)13-12-25(4)5/h6-11,14,21,27H,12-13H2,1-5H3/b22-20+. The van der Waals surface area contributed by atoms with E-state index in [-0.39, 0.29) is 11.3 Å². The van der Waals surface area contributed by atoms with E-state index in [9.17, 15) is 14.7 Å². The average molecular weight is 392 g/mol. The van der Waals surface area contributed by atoms with Gasteiger partial charge in [-0.05, 0) is 52.1 Å². The molecule has 0 saturated carbocycles. The van der Waals surface area contributed by atoms with Crippen LogP contribution in [0.15, 0.2) is 48.0 Å². The van der Waals surface area contributed by atoms with E-state index < -0.39 is 17.7 Å². The number of likely N-dealkylation sites (tertiary alicyclic amines) is 1. The maximum absolute atomic E-state index is 13.0. The van der Waals surface area contributed by atoms with Crippen molar-refractivity contribution in [1.82, 2.24) is 9.80 Å². The van der Waals surface area contributed by atoms with Gasteiger partial charge in [0.2, 0.25) is 0 Å². The van der Waals surface area contributed by atoms with E-state index in [2.05, 4.69) is 0 Å². The third-order valence-electron chi connectivity index (χ3n) is 5.37. The largest absolute Gasteiger partial charge is 0.507 e. The van der Waals surface area contributed by atoms with Crippen molar-refractivity contribution in [2.45, 2.75) is 26.8 Å². The average Bonchev–Trinajstić information content (AvgIpc) is 2.93. The molecule has 1 fully saturated rings. The van der Waals surface area contributed by atoms with E-state index in [0.29, 0.717) is 18.7 Å². The lowest BCUT2D eigenvalue weighted by atomic mass is 9.93. The number of aryl methyl sites for hydroxylation is 3. The third kappa shape index (κ3) is 4.10. The molecule has 2 aromatic carbocycles. The topological polar surface area (TPSA) is 60.9 Å². The van der Waals surface area contributed by atoms with Gasteiger partial charge in [-0.25, -0.2) is 0 Å². The molecule has 1 unspecified atom stereocenters. The highest BCUT2D eigenvalue weighted by Crippen LogP contribution is 2.39. The molecule has 0 spiro atoms. The third-order valence-corrected chi connectivity index (χ3v) is 5.37. The van der Waals surface area contributed by atoms with Crippen molar-refractivity contribution in [3.05, 3.63) is 75.9 Å². The number of hydrogen-bond donors (Lipinski definition) is 1. The fraction of sp³-hybridized carbons (Fsp3) is 0.333. The van der Waals surface area contributed by atoms with Gasteiger partial charge in [-0.2, -0.15) is 0 Å². The Hall–Kier alpha value is -2.92. The van der Waals surface area contributed by atoms with Gasteiger partial charge in [0, 0.05) is 18.7 Å². The van der Waals surface area contributed by atoms with Gasteiger partial charge in [0.15, 0.2) is 0 Å². The minimum atomic E-state index is -0.632. The van der Waals surface area contributed by atoms with Gasteiger partial charge in [-0.3, -0.25) is 9.59 Å². The Morgan fingerprint density at radius 3 is 2.24 bits per heavy atom. The van der Waals surface area contributed by atoms with Gasteiger partial charge in [-0.15, -0.1) is 0 Å². The number of amides is 1. The van der Waals surface area contributed by atoms with Crippen LogP contribution in [0.25, 0.3) is 5.76 Å². The monoisotopic (exact) mass is 392 g/mol. The molecule has 5 heteroatoms. The normalized spacial score (nSPS) is 18.7. The first kappa shape index (κ1) is 20.8. The first-order valence-corrected chi connectivity index (χ1v) is 9.78. The number of hydrogen-bond acceptors (Lipinski definition) is 4. The molecule has 152 valence electrons. The van der Waals surface area contributed by atoms with Crippen LogP contribution in [0.3, 0.4) is 0 Å². The second kappa shape index (κ2) is 8.21. The highest BCUT2D eigenvalue weighted by molar-refractivity contribution is 6.46. The second-order valence-corrected chi connectivity index (χ2v) is 8.02. The van der Waals surface area contributed by atoms with Crippen molar-refractivity contribution in [3.8, 4) is 0 Å². The zero-order valence-corrected chi connectivity index (χ0v) is 17.7. The Morgan fingerprint density at radius 1 is 1.00 bits per heavy atom. The van der Waals surface area contributed by atoms with Gasteiger partial charge >= 0.3 is 0 Å². The summed E-state index contributed by atoms with van der Waals surface area (Å²) in [6.07, 6.45) is 0. The molecular weight excluding hydrogens is 364 g/mol. The van der Waals surface area contributed by atoms with Crippen LogP contribution in [-0.4, -0.2) is 53.8 Å². The molecule has 1 N–H and O–H groups in total. The van der Waals surface area contributed by atoms with Crippen molar-refractivity contribution in [2.75, 3.05) is 27.2 Å². The molecule has 5 nitrogen and oxygen atoms in total.